The maximum atomic E-state index is 5.53. The molecule has 0 saturated heterocycles. The van der Waals surface area contributed by atoms with Gasteiger partial charge in [0.25, 0.3) is 0 Å². The number of methoxy groups -OCH3 is 2. The highest BCUT2D eigenvalue weighted by molar-refractivity contribution is 5.38. The van der Waals surface area contributed by atoms with Crippen molar-refractivity contribution >= 4 is 0 Å². The van der Waals surface area contributed by atoms with E-state index in [9.17, 15) is 0 Å². The quantitative estimate of drug-likeness (QED) is 0.752. The molecule has 0 aliphatic heterocycles. The monoisotopic (exact) mass is 313 g/mol. The smallest absolute Gasteiger partial charge is 0.123 e. The van der Waals surface area contributed by atoms with Crippen LogP contribution in [0.1, 0.15) is 49.9 Å². The second-order valence-electron chi connectivity index (χ2n) is 5.57. The van der Waals surface area contributed by atoms with Gasteiger partial charge in [-0.3, -0.25) is 0 Å². The number of nitrogens with one attached hydrogen (secondary N) is 1. The molecule has 2 aromatic rings. The van der Waals surface area contributed by atoms with E-state index in [-0.39, 0.29) is 12.1 Å². The summed E-state index contributed by atoms with van der Waals surface area (Å²) in [5, 5.41) is 3.78. The van der Waals surface area contributed by atoms with Crippen LogP contribution in [-0.2, 0) is 0 Å². The molecule has 0 bridgehead atoms. The summed E-state index contributed by atoms with van der Waals surface area (Å²) in [6.07, 6.45) is 1.98. The molecule has 1 N–H and O–H groups in total. The Bertz CT molecular complexity index is 559. The molecule has 0 aliphatic carbocycles. The predicted molar refractivity (Wildman–Crippen MR) is 95.2 cm³/mol. The maximum absolute atomic E-state index is 5.53. The fourth-order valence-electron chi connectivity index (χ4n) is 3.01. The van der Waals surface area contributed by atoms with Crippen molar-refractivity contribution in [3.63, 3.8) is 0 Å². The molecule has 0 amide bonds. The number of hydrogen-bond donors (Lipinski definition) is 1. The lowest BCUT2D eigenvalue weighted by Crippen LogP contribution is -2.26. The highest BCUT2D eigenvalue weighted by Gasteiger charge is 2.20. The van der Waals surface area contributed by atoms with Gasteiger partial charge >= 0.3 is 0 Å². The Hall–Kier alpha value is -2.00. The van der Waals surface area contributed by atoms with Gasteiger partial charge in [0.1, 0.15) is 11.5 Å². The van der Waals surface area contributed by atoms with Crippen molar-refractivity contribution in [2.45, 2.75) is 38.8 Å². The van der Waals surface area contributed by atoms with E-state index in [2.05, 4.69) is 43.4 Å². The first-order valence-corrected chi connectivity index (χ1v) is 8.26. The predicted octanol–water partition coefficient (Wildman–Crippen LogP) is 4.90. The molecule has 0 spiro atoms. The van der Waals surface area contributed by atoms with Crippen LogP contribution in [0.5, 0.6) is 11.5 Å². The van der Waals surface area contributed by atoms with Crippen molar-refractivity contribution in [1.29, 1.82) is 0 Å². The molecule has 2 rings (SSSR count). The zero-order chi connectivity index (χ0) is 16.7. The minimum atomic E-state index is 0.237. The highest BCUT2D eigenvalue weighted by Crippen LogP contribution is 2.33. The number of para-hydroxylation sites is 2. The van der Waals surface area contributed by atoms with E-state index in [0.29, 0.717) is 0 Å². The average molecular weight is 313 g/mol. The molecule has 23 heavy (non-hydrogen) atoms. The summed E-state index contributed by atoms with van der Waals surface area (Å²) in [5.41, 5.74) is 2.40. The van der Waals surface area contributed by atoms with Crippen molar-refractivity contribution in [1.82, 2.24) is 5.32 Å². The molecule has 124 valence electrons. The standard InChI is InChI=1S/C20H27NO2/c1-5-17(15-11-7-9-13-19(15)22-3)21-18(6-2)16-12-8-10-14-20(16)23-4/h7-14,17-18,21H,5-6H2,1-4H3/t17-,18-/m0/s1. The van der Waals surface area contributed by atoms with Crippen LogP contribution >= 0.6 is 0 Å². The van der Waals surface area contributed by atoms with Gasteiger partial charge in [-0.2, -0.15) is 0 Å². The summed E-state index contributed by atoms with van der Waals surface area (Å²) in [6, 6.07) is 16.9. The van der Waals surface area contributed by atoms with E-state index in [0.717, 1.165) is 24.3 Å². The van der Waals surface area contributed by atoms with Crippen LogP contribution in [0.15, 0.2) is 48.5 Å². The Morgan fingerprint density at radius 2 is 1.13 bits per heavy atom. The Labute approximate surface area is 139 Å². The normalized spacial score (nSPS) is 13.4. The zero-order valence-corrected chi connectivity index (χ0v) is 14.5. The number of benzene rings is 2. The molecule has 2 aromatic carbocycles. The van der Waals surface area contributed by atoms with Gasteiger partial charge in [-0.25, -0.2) is 0 Å². The number of rotatable bonds is 8. The van der Waals surface area contributed by atoms with Gasteiger partial charge in [0, 0.05) is 23.2 Å². The molecule has 0 aromatic heterocycles. The van der Waals surface area contributed by atoms with Crippen LogP contribution < -0.4 is 14.8 Å². The minimum absolute atomic E-state index is 0.237. The molecule has 2 atom stereocenters. The van der Waals surface area contributed by atoms with Gasteiger partial charge in [-0.15, -0.1) is 0 Å². The van der Waals surface area contributed by atoms with Crippen LogP contribution in [0.3, 0.4) is 0 Å². The van der Waals surface area contributed by atoms with Crippen molar-refractivity contribution < 1.29 is 9.47 Å². The van der Waals surface area contributed by atoms with Crippen molar-refractivity contribution in [3.8, 4) is 11.5 Å². The minimum Gasteiger partial charge on any atom is -0.496 e. The third kappa shape index (κ3) is 4.05. The van der Waals surface area contributed by atoms with E-state index >= 15 is 0 Å². The van der Waals surface area contributed by atoms with E-state index in [4.69, 9.17) is 9.47 Å². The third-order valence-corrected chi connectivity index (χ3v) is 4.25. The molecule has 3 nitrogen and oxygen atoms in total. The highest BCUT2D eigenvalue weighted by atomic mass is 16.5. The van der Waals surface area contributed by atoms with E-state index in [1.54, 1.807) is 14.2 Å². The zero-order valence-electron chi connectivity index (χ0n) is 14.5. The largest absolute Gasteiger partial charge is 0.496 e. The molecule has 0 radical (unpaired) electrons. The van der Waals surface area contributed by atoms with Crippen LogP contribution in [0.4, 0.5) is 0 Å². The molecular formula is C20H27NO2. The van der Waals surface area contributed by atoms with Crippen LogP contribution in [0.2, 0.25) is 0 Å². The molecule has 3 heteroatoms. The summed E-state index contributed by atoms with van der Waals surface area (Å²) in [4.78, 5) is 0. The van der Waals surface area contributed by atoms with Gasteiger partial charge in [0.2, 0.25) is 0 Å². The Balaban J connectivity index is 2.28. The van der Waals surface area contributed by atoms with Gasteiger partial charge in [-0.1, -0.05) is 50.2 Å². The summed E-state index contributed by atoms with van der Waals surface area (Å²) in [6.45, 7) is 4.39. The van der Waals surface area contributed by atoms with E-state index < -0.39 is 0 Å². The number of hydrogen-bond acceptors (Lipinski definition) is 3. The van der Waals surface area contributed by atoms with Crippen molar-refractivity contribution in [2.75, 3.05) is 14.2 Å². The Morgan fingerprint density at radius 1 is 0.739 bits per heavy atom. The first kappa shape index (κ1) is 17.4. The van der Waals surface area contributed by atoms with Gasteiger partial charge in [0.05, 0.1) is 14.2 Å². The van der Waals surface area contributed by atoms with Gasteiger partial charge in [0.15, 0.2) is 0 Å². The van der Waals surface area contributed by atoms with E-state index in [1.165, 1.54) is 11.1 Å². The Morgan fingerprint density at radius 3 is 1.48 bits per heavy atom. The summed E-state index contributed by atoms with van der Waals surface area (Å²) >= 11 is 0. The Kier molecular flexibility index (Phi) is 6.48. The van der Waals surface area contributed by atoms with Crippen LogP contribution in [0.25, 0.3) is 0 Å². The SMILES string of the molecule is CC[C@H](N[C@@H](CC)c1ccccc1OC)c1ccccc1OC. The first-order chi connectivity index (χ1) is 11.2. The second kappa shape index (κ2) is 8.59. The number of ether oxygens (including phenoxy) is 2. The van der Waals surface area contributed by atoms with Gasteiger partial charge < -0.3 is 14.8 Å². The van der Waals surface area contributed by atoms with Crippen molar-refractivity contribution in [2.24, 2.45) is 0 Å². The topological polar surface area (TPSA) is 30.5 Å². The maximum Gasteiger partial charge on any atom is 0.123 e. The molecule has 0 aliphatic rings. The second-order valence-corrected chi connectivity index (χ2v) is 5.57. The molecule has 0 saturated carbocycles. The lowest BCUT2D eigenvalue weighted by molar-refractivity contribution is 0.367. The molecule has 0 unspecified atom stereocenters. The van der Waals surface area contributed by atoms with Crippen molar-refractivity contribution in [3.05, 3.63) is 59.7 Å². The summed E-state index contributed by atoms with van der Waals surface area (Å²) < 4.78 is 11.1. The lowest BCUT2D eigenvalue weighted by Gasteiger charge is -2.27. The molecular weight excluding hydrogens is 286 g/mol. The molecule has 0 heterocycles. The fraction of sp³-hybridized carbons (Fsp3) is 0.400. The van der Waals surface area contributed by atoms with Gasteiger partial charge in [-0.05, 0) is 25.0 Å². The fourth-order valence-corrected chi connectivity index (χ4v) is 3.01. The summed E-state index contributed by atoms with van der Waals surface area (Å²) in [5.74, 6) is 1.86. The summed E-state index contributed by atoms with van der Waals surface area (Å²) in [7, 11) is 3.45. The van der Waals surface area contributed by atoms with Crippen LogP contribution in [0, 0.1) is 0 Å². The average Bonchev–Trinajstić information content (AvgIpc) is 2.63. The van der Waals surface area contributed by atoms with E-state index in [1.807, 2.05) is 24.3 Å². The van der Waals surface area contributed by atoms with Crippen LogP contribution in [-0.4, -0.2) is 14.2 Å². The molecule has 0 fully saturated rings. The lowest BCUT2D eigenvalue weighted by atomic mass is 9.98. The third-order valence-electron chi connectivity index (χ3n) is 4.25. The first-order valence-electron chi connectivity index (χ1n) is 8.26.